The molecule has 4 bridgehead atoms. The lowest BCUT2D eigenvalue weighted by Crippen LogP contribution is -2.50. The van der Waals surface area contributed by atoms with Crippen LogP contribution in [0.25, 0.3) is 0 Å². The molecule has 0 aromatic heterocycles. The topological polar surface area (TPSA) is 17.1 Å². The van der Waals surface area contributed by atoms with Gasteiger partial charge in [0, 0.05) is 12.8 Å². The van der Waals surface area contributed by atoms with E-state index in [-0.39, 0.29) is 0 Å². The summed E-state index contributed by atoms with van der Waals surface area (Å²) < 4.78 is 0. The SMILES string of the molecule is O=C1CCC([C@]23CC4CC(C[C@H](C4)C2)C3)CC1. The molecule has 0 amide bonds. The second-order valence-electron chi connectivity index (χ2n) is 7.59. The summed E-state index contributed by atoms with van der Waals surface area (Å²) in [6.45, 7) is 0. The van der Waals surface area contributed by atoms with Crippen LogP contribution in [-0.2, 0) is 4.79 Å². The Kier molecular flexibility index (Phi) is 2.23. The Morgan fingerprint density at radius 1 is 0.824 bits per heavy atom. The van der Waals surface area contributed by atoms with Crippen LogP contribution in [0, 0.1) is 29.1 Å². The molecule has 0 spiro atoms. The quantitative estimate of drug-likeness (QED) is 0.668. The van der Waals surface area contributed by atoms with Crippen LogP contribution in [0.4, 0.5) is 0 Å². The molecule has 5 fully saturated rings. The second-order valence-corrected chi connectivity index (χ2v) is 7.59. The summed E-state index contributed by atoms with van der Waals surface area (Å²) in [5.74, 6) is 4.65. The molecule has 0 N–H and O–H groups in total. The van der Waals surface area contributed by atoms with Gasteiger partial charge < -0.3 is 0 Å². The average molecular weight is 232 g/mol. The second kappa shape index (κ2) is 3.59. The molecule has 5 saturated carbocycles. The fraction of sp³-hybridized carbons (Fsp3) is 0.938. The highest BCUT2D eigenvalue weighted by Gasteiger charge is 2.54. The minimum absolute atomic E-state index is 0.533. The molecule has 0 saturated heterocycles. The fourth-order valence-corrected chi connectivity index (χ4v) is 6.23. The monoisotopic (exact) mass is 232 g/mol. The largest absolute Gasteiger partial charge is 0.300 e. The van der Waals surface area contributed by atoms with E-state index in [0.29, 0.717) is 11.2 Å². The first-order valence-electron chi connectivity index (χ1n) is 7.75. The molecule has 0 unspecified atom stereocenters. The van der Waals surface area contributed by atoms with E-state index in [9.17, 15) is 4.79 Å². The Balaban J connectivity index is 1.58. The first-order valence-corrected chi connectivity index (χ1v) is 7.75. The van der Waals surface area contributed by atoms with E-state index in [4.69, 9.17) is 0 Å². The molecular weight excluding hydrogens is 208 g/mol. The van der Waals surface area contributed by atoms with Gasteiger partial charge in [-0.15, -0.1) is 0 Å². The molecule has 0 atom stereocenters. The summed E-state index contributed by atoms with van der Waals surface area (Å²) in [6.07, 6.45) is 13.5. The number of hydrogen-bond donors (Lipinski definition) is 0. The summed E-state index contributed by atoms with van der Waals surface area (Å²) in [6, 6.07) is 0. The fourth-order valence-electron chi connectivity index (χ4n) is 6.23. The lowest BCUT2D eigenvalue weighted by molar-refractivity contribution is -0.127. The zero-order chi connectivity index (χ0) is 11.5. The Hall–Kier alpha value is -0.330. The van der Waals surface area contributed by atoms with Crippen molar-refractivity contribution in [3.8, 4) is 0 Å². The van der Waals surface area contributed by atoms with Crippen LogP contribution in [0.2, 0.25) is 0 Å². The molecule has 1 nitrogen and oxygen atoms in total. The Bertz CT molecular complexity index is 298. The van der Waals surface area contributed by atoms with E-state index in [1.807, 2.05) is 0 Å². The van der Waals surface area contributed by atoms with Crippen LogP contribution in [-0.4, -0.2) is 5.78 Å². The molecule has 5 aliphatic carbocycles. The van der Waals surface area contributed by atoms with Gasteiger partial charge in [-0.2, -0.15) is 0 Å². The van der Waals surface area contributed by atoms with Crippen molar-refractivity contribution in [2.75, 3.05) is 0 Å². The third-order valence-electron chi connectivity index (χ3n) is 6.49. The van der Waals surface area contributed by atoms with E-state index >= 15 is 0 Å². The van der Waals surface area contributed by atoms with Crippen molar-refractivity contribution in [1.29, 1.82) is 0 Å². The molecule has 0 heterocycles. The van der Waals surface area contributed by atoms with Crippen LogP contribution in [0.1, 0.15) is 64.2 Å². The zero-order valence-corrected chi connectivity index (χ0v) is 10.8. The molecule has 0 radical (unpaired) electrons. The van der Waals surface area contributed by atoms with Crippen LogP contribution in [0.3, 0.4) is 0 Å². The maximum Gasteiger partial charge on any atom is 0.132 e. The molecule has 17 heavy (non-hydrogen) atoms. The summed E-state index contributed by atoms with van der Waals surface area (Å²) in [5, 5.41) is 0. The van der Waals surface area contributed by atoms with Crippen molar-refractivity contribution in [2.45, 2.75) is 64.2 Å². The van der Waals surface area contributed by atoms with Crippen molar-refractivity contribution in [3.63, 3.8) is 0 Å². The molecule has 5 aliphatic rings. The van der Waals surface area contributed by atoms with Gasteiger partial charge in [0.05, 0.1) is 0 Å². The van der Waals surface area contributed by atoms with Gasteiger partial charge in [0.1, 0.15) is 5.78 Å². The van der Waals surface area contributed by atoms with E-state index in [1.165, 1.54) is 32.1 Å². The van der Waals surface area contributed by atoms with Crippen molar-refractivity contribution in [3.05, 3.63) is 0 Å². The van der Waals surface area contributed by atoms with E-state index in [2.05, 4.69) is 0 Å². The first kappa shape index (κ1) is 10.6. The summed E-state index contributed by atoms with van der Waals surface area (Å²) in [4.78, 5) is 11.4. The number of hydrogen-bond acceptors (Lipinski definition) is 1. The van der Waals surface area contributed by atoms with Gasteiger partial charge >= 0.3 is 0 Å². The highest BCUT2D eigenvalue weighted by molar-refractivity contribution is 5.79. The third-order valence-corrected chi connectivity index (χ3v) is 6.49. The Morgan fingerprint density at radius 2 is 1.29 bits per heavy atom. The van der Waals surface area contributed by atoms with Gasteiger partial charge in [0.2, 0.25) is 0 Å². The number of carbonyl (C=O) groups is 1. The number of carbonyl (C=O) groups excluding carboxylic acids is 1. The van der Waals surface area contributed by atoms with Crippen LogP contribution >= 0.6 is 0 Å². The Labute approximate surface area is 104 Å². The highest BCUT2D eigenvalue weighted by atomic mass is 16.1. The van der Waals surface area contributed by atoms with Crippen LogP contribution in [0.5, 0.6) is 0 Å². The van der Waals surface area contributed by atoms with E-state index in [1.54, 1.807) is 19.3 Å². The first-order chi connectivity index (χ1) is 8.23. The van der Waals surface area contributed by atoms with E-state index in [0.717, 1.165) is 36.5 Å². The minimum Gasteiger partial charge on any atom is -0.300 e. The van der Waals surface area contributed by atoms with Crippen LogP contribution < -0.4 is 0 Å². The maximum atomic E-state index is 11.4. The third kappa shape index (κ3) is 1.61. The van der Waals surface area contributed by atoms with Gasteiger partial charge in [-0.1, -0.05) is 0 Å². The predicted molar refractivity (Wildman–Crippen MR) is 67.6 cm³/mol. The number of Topliss-reactive ketones (excluding diaryl/α,β-unsaturated/α-hetero) is 1. The molecular formula is C16H24O. The van der Waals surface area contributed by atoms with Crippen molar-refractivity contribution < 1.29 is 4.79 Å². The summed E-state index contributed by atoms with van der Waals surface area (Å²) in [5.41, 5.74) is 0.704. The zero-order valence-electron chi connectivity index (χ0n) is 10.8. The van der Waals surface area contributed by atoms with Crippen molar-refractivity contribution >= 4 is 5.78 Å². The maximum absolute atomic E-state index is 11.4. The lowest BCUT2D eigenvalue weighted by atomic mass is 9.45. The number of rotatable bonds is 1. The lowest BCUT2D eigenvalue weighted by Gasteiger charge is -2.60. The normalized spacial score (nSPS) is 49.9. The smallest absolute Gasteiger partial charge is 0.132 e. The van der Waals surface area contributed by atoms with Gasteiger partial charge in [-0.3, -0.25) is 4.79 Å². The Morgan fingerprint density at radius 3 is 1.76 bits per heavy atom. The molecule has 1 heteroatoms. The number of ketones is 1. The van der Waals surface area contributed by atoms with Crippen LogP contribution in [0.15, 0.2) is 0 Å². The average Bonchev–Trinajstić information content (AvgIpc) is 2.27. The highest BCUT2D eigenvalue weighted by Crippen LogP contribution is 2.64. The molecule has 94 valence electrons. The minimum atomic E-state index is 0.533. The molecule has 0 aromatic rings. The van der Waals surface area contributed by atoms with Gasteiger partial charge in [-0.25, -0.2) is 0 Å². The predicted octanol–water partition coefficient (Wildman–Crippen LogP) is 3.96. The van der Waals surface area contributed by atoms with Gasteiger partial charge in [0.15, 0.2) is 0 Å². The van der Waals surface area contributed by atoms with E-state index < -0.39 is 0 Å². The van der Waals surface area contributed by atoms with Gasteiger partial charge in [-0.05, 0) is 80.5 Å². The van der Waals surface area contributed by atoms with Crippen molar-refractivity contribution in [1.82, 2.24) is 0 Å². The van der Waals surface area contributed by atoms with Gasteiger partial charge in [0.25, 0.3) is 0 Å². The summed E-state index contributed by atoms with van der Waals surface area (Å²) in [7, 11) is 0. The molecule has 0 aromatic carbocycles. The standard InChI is InChI=1S/C16H24O/c17-15-3-1-14(2-4-15)16-8-11-5-12(9-16)7-13(6-11)10-16/h11-14H,1-10H2/t11-,12?,13?,16-. The molecule has 5 rings (SSSR count). The molecule has 0 aliphatic heterocycles. The summed E-state index contributed by atoms with van der Waals surface area (Å²) >= 11 is 0. The van der Waals surface area contributed by atoms with Crippen molar-refractivity contribution in [2.24, 2.45) is 29.1 Å².